The largest absolute Gasteiger partial charge is 0.339 e. The fraction of sp³-hybridized carbons (Fsp3) is 0.0769. The number of H-pyrrole nitrogens is 1. The number of anilines is 1. The maximum Gasteiger partial charge on any atom is 0.239 e. The fourth-order valence-electron chi connectivity index (χ4n) is 1.98. The molecule has 0 saturated heterocycles. The summed E-state index contributed by atoms with van der Waals surface area (Å²) < 4.78 is 0. The molecule has 5 heteroatoms. The summed E-state index contributed by atoms with van der Waals surface area (Å²) in [6, 6.07) is 9.74. The van der Waals surface area contributed by atoms with Gasteiger partial charge in [0.15, 0.2) is 0 Å². The summed E-state index contributed by atoms with van der Waals surface area (Å²) in [4.78, 5) is 18.7. The van der Waals surface area contributed by atoms with Gasteiger partial charge in [0.05, 0.1) is 17.6 Å². The minimum atomic E-state index is -0.228. The van der Waals surface area contributed by atoms with E-state index in [4.69, 9.17) is 5.73 Å². The molecule has 3 rings (SSSR count). The predicted molar refractivity (Wildman–Crippen MR) is 71.3 cm³/mol. The molecule has 0 aliphatic carbocycles. The molecule has 1 aromatic carbocycles. The number of carbonyl (C=O) groups excluding carboxylic acids is 1. The lowest BCUT2D eigenvalue weighted by atomic mass is 10.1. The molecule has 0 bridgehead atoms. The molecular formula is C13H12N4O. The molecule has 90 valence electrons. The van der Waals surface area contributed by atoms with Crippen molar-refractivity contribution in [3.63, 3.8) is 0 Å². The van der Waals surface area contributed by atoms with Crippen LogP contribution in [0.4, 0.5) is 5.82 Å². The third-order valence-electron chi connectivity index (χ3n) is 2.85. The Balaban J connectivity index is 2.17. The number of fused-ring (bicyclic) bond motifs is 3. The van der Waals surface area contributed by atoms with Gasteiger partial charge in [-0.3, -0.25) is 9.78 Å². The molecule has 2 aromatic heterocycles. The maximum atomic E-state index is 11.3. The molecule has 0 aliphatic rings. The van der Waals surface area contributed by atoms with Gasteiger partial charge in [0, 0.05) is 17.0 Å². The van der Waals surface area contributed by atoms with Crippen LogP contribution in [0.5, 0.6) is 0 Å². The van der Waals surface area contributed by atoms with E-state index in [0.29, 0.717) is 5.82 Å². The minimum Gasteiger partial charge on any atom is -0.339 e. The van der Waals surface area contributed by atoms with Crippen molar-refractivity contribution < 1.29 is 4.79 Å². The molecule has 5 nitrogen and oxygen atoms in total. The third kappa shape index (κ3) is 1.70. The molecule has 0 atom stereocenters. The maximum absolute atomic E-state index is 11.3. The SMILES string of the molecule is NCC(=O)Nc1ccc2ccc3ccnc3c2[nH]1. The second-order valence-electron chi connectivity index (χ2n) is 4.04. The zero-order chi connectivity index (χ0) is 12.5. The number of aromatic amines is 1. The Bertz CT molecular complexity index is 732. The quantitative estimate of drug-likeness (QED) is 0.636. The van der Waals surface area contributed by atoms with Gasteiger partial charge in [0.2, 0.25) is 5.91 Å². The van der Waals surface area contributed by atoms with Crippen LogP contribution in [0.25, 0.3) is 21.8 Å². The van der Waals surface area contributed by atoms with Crippen LogP contribution in [0.1, 0.15) is 0 Å². The van der Waals surface area contributed by atoms with Crippen molar-refractivity contribution in [2.24, 2.45) is 5.73 Å². The highest BCUT2D eigenvalue weighted by Gasteiger charge is 2.05. The number of pyridine rings is 1. The van der Waals surface area contributed by atoms with Crippen molar-refractivity contribution in [1.82, 2.24) is 9.97 Å². The summed E-state index contributed by atoms with van der Waals surface area (Å²) in [5.41, 5.74) is 7.08. The first kappa shape index (κ1) is 10.7. The zero-order valence-electron chi connectivity index (χ0n) is 9.60. The normalized spacial score (nSPS) is 10.9. The van der Waals surface area contributed by atoms with Gasteiger partial charge in [-0.1, -0.05) is 12.1 Å². The number of nitrogens with zero attached hydrogens (tertiary/aromatic N) is 1. The highest BCUT2D eigenvalue weighted by atomic mass is 16.1. The van der Waals surface area contributed by atoms with Crippen LogP contribution in [0.3, 0.4) is 0 Å². The van der Waals surface area contributed by atoms with E-state index in [2.05, 4.69) is 15.3 Å². The number of nitrogens with two attached hydrogens (primary N) is 1. The average molecular weight is 240 g/mol. The Labute approximate surface area is 103 Å². The van der Waals surface area contributed by atoms with E-state index in [1.54, 1.807) is 6.20 Å². The molecule has 0 saturated carbocycles. The van der Waals surface area contributed by atoms with E-state index in [-0.39, 0.29) is 12.5 Å². The first-order chi connectivity index (χ1) is 8.78. The van der Waals surface area contributed by atoms with Crippen LogP contribution < -0.4 is 11.1 Å². The van der Waals surface area contributed by atoms with Gasteiger partial charge in [-0.2, -0.15) is 0 Å². The number of amides is 1. The number of hydrogen-bond donors (Lipinski definition) is 3. The summed E-state index contributed by atoms with van der Waals surface area (Å²) in [6.07, 6.45) is 1.77. The minimum absolute atomic E-state index is 0.0370. The molecule has 0 unspecified atom stereocenters. The van der Waals surface area contributed by atoms with E-state index >= 15 is 0 Å². The monoisotopic (exact) mass is 240 g/mol. The molecular weight excluding hydrogens is 228 g/mol. The lowest BCUT2D eigenvalue weighted by molar-refractivity contribution is -0.114. The van der Waals surface area contributed by atoms with E-state index in [9.17, 15) is 4.79 Å². The van der Waals surface area contributed by atoms with Crippen molar-refractivity contribution in [3.05, 3.63) is 36.5 Å². The first-order valence-electron chi connectivity index (χ1n) is 5.64. The number of benzene rings is 1. The van der Waals surface area contributed by atoms with Crippen LogP contribution in [0, 0.1) is 0 Å². The third-order valence-corrected chi connectivity index (χ3v) is 2.85. The standard InChI is InChI=1S/C13H12N4O/c14-7-11(18)16-10-4-3-8-1-2-9-5-6-15-12(9)13(8)17-10/h1-6,17H,7,14H2,(H,16,18). The van der Waals surface area contributed by atoms with E-state index in [1.165, 1.54) is 0 Å². The number of hydrogen-bond acceptors (Lipinski definition) is 3. The molecule has 0 fully saturated rings. The number of nitrogens with one attached hydrogen (secondary N) is 2. The second kappa shape index (κ2) is 4.12. The van der Waals surface area contributed by atoms with Gasteiger partial charge in [-0.15, -0.1) is 0 Å². The Morgan fingerprint density at radius 3 is 2.83 bits per heavy atom. The van der Waals surface area contributed by atoms with Crippen molar-refractivity contribution in [1.29, 1.82) is 0 Å². The van der Waals surface area contributed by atoms with Crippen LogP contribution in [0.15, 0.2) is 36.5 Å². The van der Waals surface area contributed by atoms with Gasteiger partial charge in [0.25, 0.3) is 0 Å². The molecule has 18 heavy (non-hydrogen) atoms. The van der Waals surface area contributed by atoms with Crippen molar-refractivity contribution in [2.45, 2.75) is 0 Å². The summed E-state index contributed by atoms with van der Waals surface area (Å²) >= 11 is 0. The van der Waals surface area contributed by atoms with E-state index in [0.717, 1.165) is 21.8 Å². The number of carbonyl (C=O) groups is 1. The summed E-state index contributed by atoms with van der Waals surface area (Å²) in [6.45, 7) is -0.0370. The second-order valence-corrected chi connectivity index (χ2v) is 4.04. The molecule has 2 heterocycles. The molecule has 0 aliphatic heterocycles. The lowest BCUT2D eigenvalue weighted by Crippen LogP contribution is -2.22. The Hall–Kier alpha value is -2.40. The Kier molecular flexibility index (Phi) is 2.46. The van der Waals surface area contributed by atoms with Gasteiger partial charge in [0.1, 0.15) is 5.82 Å². The van der Waals surface area contributed by atoms with Crippen LogP contribution in [-0.4, -0.2) is 22.4 Å². The number of aromatic nitrogens is 2. The highest BCUT2D eigenvalue weighted by Crippen LogP contribution is 2.23. The smallest absolute Gasteiger partial charge is 0.239 e. The highest BCUT2D eigenvalue weighted by molar-refractivity contribution is 6.04. The number of rotatable bonds is 2. The van der Waals surface area contributed by atoms with E-state index < -0.39 is 0 Å². The average Bonchev–Trinajstić information content (AvgIpc) is 2.87. The zero-order valence-corrected chi connectivity index (χ0v) is 9.60. The molecule has 0 spiro atoms. The summed E-state index contributed by atoms with van der Waals surface area (Å²) in [7, 11) is 0. The lowest BCUT2D eigenvalue weighted by Gasteiger charge is -2.06. The van der Waals surface area contributed by atoms with Gasteiger partial charge in [-0.25, -0.2) is 0 Å². The first-order valence-corrected chi connectivity index (χ1v) is 5.64. The van der Waals surface area contributed by atoms with Gasteiger partial charge >= 0.3 is 0 Å². The predicted octanol–water partition coefficient (Wildman–Crippen LogP) is 1.61. The molecule has 4 N–H and O–H groups in total. The van der Waals surface area contributed by atoms with Crippen molar-refractivity contribution >= 4 is 33.5 Å². The summed E-state index contributed by atoms with van der Waals surface area (Å²) in [5.74, 6) is 0.390. The Morgan fingerprint density at radius 1 is 1.22 bits per heavy atom. The Morgan fingerprint density at radius 2 is 2.00 bits per heavy atom. The van der Waals surface area contributed by atoms with Crippen LogP contribution >= 0.6 is 0 Å². The van der Waals surface area contributed by atoms with Crippen molar-refractivity contribution in [2.75, 3.05) is 11.9 Å². The van der Waals surface area contributed by atoms with Crippen LogP contribution in [0.2, 0.25) is 0 Å². The molecule has 1 amide bonds. The van der Waals surface area contributed by atoms with Gasteiger partial charge in [-0.05, 0) is 18.2 Å². The fourth-order valence-corrected chi connectivity index (χ4v) is 1.98. The molecule has 3 aromatic rings. The molecule has 0 radical (unpaired) electrons. The van der Waals surface area contributed by atoms with E-state index in [1.807, 2.05) is 30.3 Å². The van der Waals surface area contributed by atoms with Crippen LogP contribution in [-0.2, 0) is 4.79 Å². The topological polar surface area (TPSA) is 83.8 Å². The van der Waals surface area contributed by atoms with Crippen molar-refractivity contribution in [3.8, 4) is 0 Å². The summed E-state index contributed by atoms with van der Waals surface area (Å²) in [5, 5.41) is 4.81. The van der Waals surface area contributed by atoms with Gasteiger partial charge < -0.3 is 16.0 Å².